The molecule has 0 fully saturated rings. The molecule has 0 radical (unpaired) electrons. The minimum absolute atomic E-state index is 0.737. The highest BCUT2D eigenvalue weighted by Crippen LogP contribution is 2.35. The van der Waals surface area contributed by atoms with Gasteiger partial charge in [0.15, 0.2) is 11.5 Å². The first-order valence-electron chi connectivity index (χ1n) is 5.80. The molecule has 0 unspecified atom stereocenters. The number of methoxy groups -OCH3 is 3. The van der Waals surface area contributed by atoms with Crippen molar-refractivity contribution in [3.63, 3.8) is 0 Å². The maximum Gasteiger partial charge on any atom is 0.161 e. The molecule has 0 aromatic heterocycles. The molecule has 0 spiro atoms. The van der Waals surface area contributed by atoms with Crippen LogP contribution >= 0.6 is 11.8 Å². The average molecular weight is 276 g/mol. The van der Waals surface area contributed by atoms with Crippen molar-refractivity contribution >= 4 is 11.8 Å². The van der Waals surface area contributed by atoms with E-state index in [1.165, 1.54) is 0 Å². The van der Waals surface area contributed by atoms with E-state index in [0.29, 0.717) is 0 Å². The van der Waals surface area contributed by atoms with Crippen LogP contribution in [0.25, 0.3) is 0 Å². The van der Waals surface area contributed by atoms with Crippen LogP contribution in [-0.2, 0) is 0 Å². The van der Waals surface area contributed by atoms with Crippen LogP contribution in [0.5, 0.6) is 17.2 Å². The first kappa shape index (κ1) is 13.6. The monoisotopic (exact) mass is 276 g/mol. The Morgan fingerprint density at radius 3 is 1.89 bits per heavy atom. The molecule has 0 saturated carbocycles. The second-order valence-corrected chi connectivity index (χ2v) is 4.94. The third kappa shape index (κ3) is 3.35. The van der Waals surface area contributed by atoms with Gasteiger partial charge in [-0.25, -0.2) is 0 Å². The first-order chi connectivity index (χ1) is 9.26. The van der Waals surface area contributed by atoms with E-state index in [1.807, 2.05) is 42.5 Å². The van der Waals surface area contributed by atoms with E-state index >= 15 is 0 Å². The van der Waals surface area contributed by atoms with E-state index in [0.717, 1.165) is 27.0 Å². The summed E-state index contributed by atoms with van der Waals surface area (Å²) in [4.78, 5) is 2.25. The number of hydrogen-bond acceptors (Lipinski definition) is 4. The molecule has 100 valence electrons. The van der Waals surface area contributed by atoms with Gasteiger partial charge in [0.1, 0.15) is 5.75 Å². The van der Waals surface area contributed by atoms with Gasteiger partial charge in [0.2, 0.25) is 0 Å². The van der Waals surface area contributed by atoms with E-state index in [4.69, 9.17) is 14.2 Å². The average Bonchev–Trinajstić information content (AvgIpc) is 2.48. The Hall–Kier alpha value is -1.81. The van der Waals surface area contributed by atoms with Gasteiger partial charge in [0, 0.05) is 9.79 Å². The van der Waals surface area contributed by atoms with Crippen LogP contribution in [0.2, 0.25) is 0 Å². The Morgan fingerprint density at radius 1 is 0.684 bits per heavy atom. The van der Waals surface area contributed by atoms with Crippen molar-refractivity contribution in [2.75, 3.05) is 21.3 Å². The van der Waals surface area contributed by atoms with Crippen LogP contribution in [0.15, 0.2) is 52.3 Å². The zero-order valence-corrected chi connectivity index (χ0v) is 12.0. The van der Waals surface area contributed by atoms with Gasteiger partial charge in [0.25, 0.3) is 0 Å². The number of benzene rings is 2. The van der Waals surface area contributed by atoms with Crippen molar-refractivity contribution in [2.24, 2.45) is 0 Å². The zero-order chi connectivity index (χ0) is 13.7. The molecule has 0 heterocycles. The van der Waals surface area contributed by atoms with Gasteiger partial charge in [0.05, 0.1) is 21.3 Å². The van der Waals surface area contributed by atoms with E-state index < -0.39 is 0 Å². The van der Waals surface area contributed by atoms with Crippen molar-refractivity contribution < 1.29 is 14.2 Å². The van der Waals surface area contributed by atoms with Gasteiger partial charge in [-0.1, -0.05) is 11.8 Å². The maximum absolute atomic E-state index is 5.29. The molecule has 0 N–H and O–H groups in total. The van der Waals surface area contributed by atoms with E-state index in [-0.39, 0.29) is 0 Å². The predicted octanol–water partition coefficient (Wildman–Crippen LogP) is 3.86. The van der Waals surface area contributed by atoms with Crippen molar-refractivity contribution in [3.8, 4) is 17.2 Å². The fourth-order valence-corrected chi connectivity index (χ4v) is 2.51. The van der Waals surface area contributed by atoms with Crippen molar-refractivity contribution in [1.82, 2.24) is 0 Å². The van der Waals surface area contributed by atoms with E-state index in [9.17, 15) is 0 Å². The third-order valence-electron chi connectivity index (χ3n) is 2.65. The number of ether oxygens (including phenoxy) is 3. The van der Waals surface area contributed by atoms with Gasteiger partial charge < -0.3 is 14.2 Å². The molecule has 0 bridgehead atoms. The summed E-state index contributed by atoms with van der Waals surface area (Å²) in [5.74, 6) is 2.33. The maximum atomic E-state index is 5.29. The highest BCUT2D eigenvalue weighted by Gasteiger charge is 2.05. The molecule has 19 heavy (non-hydrogen) atoms. The second kappa shape index (κ2) is 6.38. The predicted molar refractivity (Wildman–Crippen MR) is 76.7 cm³/mol. The standard InChI is InChI=1S/C15H16O3S/c1-16-11-4-6-12(7-5-11)19-13-8-9-14(17-2)15(10-13)18-3/h4-10H,1-3H3. The van der Waals surface area contributed by atoms with Gasteiger partial charge in [-0.2, -0.15) is 0 Å². The van der Waals surface area contributed by atoms with Gasteiger partial charge in [-0.3, -0.25) is 0 Å². The lowest BCUT2D eigenvalue weighted by Crippen LogP contribution is -1.90. The Kier molecular flexibility index (Phi) is 4.58. The molecule has 0 aliphatic heterocycles. The Balaban J connectivity index is 2.18. The second-order valence-electron chi connectivity index (χ2n) is 3.79. The van der Waals surface area contributed by atoms with Gasteiger partial charge in [-0.05, 0) is 42.5 Å². The molecule has 0 aliphatic carbocycles. The summed E-state index contributed by atoms with van der Waals surface area (Å²) in [7, 11) is 4.93. The summed E-state index contributed by atoms with van der Waals surface area (Å²) in [6.07, 6.45) is 0. The normalized spacial score (nSPS) is 10.1. The Labute approximate surface area is 117 Å². The smallest absolute Gasteiger partial charge is 0.161 e. The van der Waals surface area contributed by atoms with Crippen molar-refractivity contribution in [2.45, 2.75) is 9.79 Å². The molecule has 2 rings (SSSR count). The van der Waals surface area contributed by atoms with Gasteiger partial charge >= 0.3 is 0 Å². The van der Waals surface area contributed by atoms with Crippen LogP contribution in [0.3, 0.4) is 0 Å². The van der Waals surface area contributed by atoms with Crippen LogP contribution in [-0.4, -0.2) is 21.3 Å². The molecule has 0 saturated heterocycles. The Bertz CT molecular complexity index is 538. The SMILES string of the molecule is COc1ccc(Sc2ccc(OC)c(OC)c2)cc1. The fraction of sp³-hybridized carbons (Fsp3) is 0.200. The van der Waals surface area contributed by atoms with Crippen molar-refractivity contribution in [1.29, 1.82) is 0 Å². The van der Waals surface area contributed by atoms with Gasteiger partial charge in [-0.15, -0.1) is 0 Å². The number of rotatable bonds is 5. The summed E-state index contributed by atoms with van der Waals surface area (Å²) in [5.41, 5.74) is 0. The topological polar surface area (TPSA) is 27.7 Å². The summed E-state index contributed by atoms with van der Waals surface area (Å²) in [5, 5.41) is 0. The fourth-order valence-electron chi connectivity index (χ4n) is 1.66. The molecule has 2 aromatic carbocycles. The quantitative estimate of drug-likeness (QED) is 0.828. The van der Waals surface area contributed by atoms with Crippen LogP contribution in [0.1, 0.15) is 0 Å². The van der Waals surface area contributed by atoms with Crippen molar-refractivity contribution in [3.05, 3.63) is 42.5 Å². The summed E-state index contributed by atoms with van der Waals surface area (Å²) < 4.78 is 15.7. The molecular formula is C15H16O3S. The molecule has 2 aromatic rings. The summed E-state index contributed by atoms with van der Waals surface area (Å²) in [6, 6.07) is 13.8. The minimum Gasteiger partial charge on any atom is -0.497 e. The molecule has 0 amide bonds. The molecular weight excluding hydrogens is 260 g/mol. The minimum atomic E-state index is 0.737. The lowest BCUT2D eigenvalue weighted by Gasteiger charge is -2.09. The van der Waals surface area contributed by atoms with Crippen LogP contribution in [0, 0.1) is 0 Å². The van der Waals surface area contributed by atoms with E-state index in [2.05, 4.69) is 0 Å². The van der Waals surface area contributed by atoms with Crippen LogP contribution in [0.4, 0.5) is 0 Å². The molecule has 3 nitrogen and oxygen atoms in total. The van der Waals surface area contributed by atoms with E-state index in [1.54, 1.807) is 33.1 Å². The summed E-state index contributed by atoms with van der Waals surface area (Å²) >= 11 is 1.66. The largest absolute Gasteiger partial charge is 0.497 e. The molecule has 0 atom stereocenters. The molecule has 0 aliphatic rings. The lowest BCUT2D eigenvalue weighted by atomic mass is 10.3. The summed E-state index contributed by atoms with van der Waals surface area (Å²) in [6.45, 7) is 0. The van der Waals surface area contributed by atoms with Crippen LogP contribution < -0.4 is 14.2 Å². The number of hydrogen-bond donors (Lipinski definition) is 0. The third-order valence-corrected chi connectivity index (χ3v) is 3.65. The zero-order valence-electron chi connectivity index (χ0n) is 11.2. The molecule has 4 heteroatoms. The highest BCUT2D eigenvalue weighted by atomic mass is 32.2. The highest BCUT2D eigenvalue weighted by molar-refractivity contribution is 7.99. The first-order valence-corrected chi connectivity index (χ1v) is 6.62. The lowest BCUT2D eigenvalue weighted by molar-refractivity contribution is 0.354. The Morgan fingerprint density at radius 2 is 1.32 bits per heavy atom.